The molecule has 0 aliphatic rings. The van der Waals surface area contributed by atoms with Crippen LogP contribution >= 0.6 is 0 Å². The van der Waals surface area contributed by atoms with Gasteiger partial charge in [-0.1, -0.05) is 36.4 Å². The minimum atomic E-state index is -0.463. The summed E-state index contributed by atoms with van der Waals surface area (Å²) in [5, 5.41) is 12.2. The van der Waals surface area contributed by atoms with E-state index in [0.717, 1.165) is 11.1 Å². The third-order valence-electron chi connectivity index (χ3n) is 3.98. The first-order chi connectivity index (χ1) is 13.7. The van der Waals surface area contributed by atoms with Crippen molar-refractivity contribution < 1.29 is 9.53 Å². The van der Waals surface area contributed by atoms with E-state index in [1.54, 1.807) is 30.6 Å². The second-order valence-electron chi connectivity index (χ2n) is 6.18. The quantitative estimate of drug-likeness (QED) is 0.512. The highest BCUT2D eigenvalue weighted by Gasteiger charge is 2.11. The van der Waals surface area contributed by atoms with E-state index < -0.39 is 5.91 Å². The molecule has 5 heteroatoms. The number of aryl methyl sites for hydroxylation is 1. The number of aromatic nitrogens is 1. The van der Waals surface area contributed by atoms with Gasteiger partial charge in [-0.3, -0.25) is 9.78 Å². The summed E-state index contributed by atoms with van der Waals surface area (Å²) in [6.45, 7) is 2.28. The van der Waals surface area contributed by atoms with Gasteiger partial charge in [-0.25, -0.2) is 0 Å². The van der Waals surface area contributed by atoms with Gasteiger partial charge in [0.1, 0.15) is 24.0 Å². The van der Waals surface area contributed by atoms with E-state index in [1.807, 2.05) is 55.5 Å². The molecule has 1 heterocycles. The van der Waals surface area contributed by atoms with Crippen LogP contribution in [0, 0.1) is 18.3 Å². The number of carbonyl (C=O) groups is 1. The number of anilines is 1. The summed E-state index contributed by atoms with van der Waals surface area (Å²) in [6, 6.07) is 20.4. The number of hydrogen-bond acceptors (Lipinski definition) is 4. The molecule has 138 valence electrons. The van der Waals surface area contributed by atoms with Crippen LogP contribution in [0.25, 0.3) is 6.08 Å². The molecule has 0 spiro atoms. The van der Waals surface area contributed by atoms with Crippen molar-refractivity contribution in [2.24, 2.45) is 0 Å². The van der Waals surface area contributed by atoms with Crippen LogP contribution in [0.15, 0.2) is 78.6 Å². The normalized spacial score (nSPS) is 10.8. The van der Waals surface area contributed by atoms with Gasteiger partial charge in [0.15, 0.2) is 0 Å². The molecule has 0 saturated carbocycles. The van der Waals surface area contributed by atoms with Crippen molar-refractivity contribution in [3.8, 4) is 11.8 Å². The van der Waals surface area contributed by atoms with Gasteiger partial charge in [0.2, 0.25) is 0 Å². The van der Waals surface area contributed by atoms with Crippen molar-refractivity contribution in [2.75, 3.05) is 5.32 Å². The second-order valence-corrected chi connectivity index (χ2v) is 6.18. The number of nitrogens with zero attached hydrogens (tertiary/aromatic N) is 2. The van der Waals surface area contributed by atoms with Gasteiger partial charge in [0.05, 0.1) is 0 Å². The Balaban J connectivity index is 1.78. The molecule has 3 rings (SSSR count). The van der Waals surface area contributed by atoms with Crippen LogP contribution in [0.3, 0.4) is 0 Å². The molecule has 28 heavy (non-hydrogen) atoms. The fourth-order valence-electron chi connectivity index (χ4n) is 2.60. The zero-order valence-corrected chi connectivity index (χ0v) is 15.4. The number of para-hydroxylation sites is 1. The van der Waals surface area contributed by atoms with Crippen LogP contribution < -0.4 is 10.1 Å². The minimum absolute atomic E-state index is 0.000987. The van der Waals surface area contributed by atoms with Crippen LogP contribution in [-0.2, 0) is 11.4 Å². The van der Waals surface area contributed by atoms with Gasteiger partial charge < -0.3 is 10.1 Å². The maximum Gasteiger partial charge on any atom is 0.266 e. The third kappa shape index (κ3) is 5.05. The topological polar surface area (TPSA) is 75.0 Å². The van der Waals surface area contributed by atoms with Crippen LogP contribution in [-0.4, -0.2) is 10.9 Å². The molecule has 0 atom stereocenters. The molecule has 0 saturated heterocycles. The highest BCUT2D eigenvalue weighted by Crippen LogP contribution is 2.22. The van der Waals surface area contributed by atoms with Crippen molar-refractivity contribution in [3.63, 3.8) is 0 Å². The summed E-state index contributed by atoms with van der Waals surface area (Å²) >= 11 is 0. The van der Waals surface area contributed by atoms with Crippen molar-refractivity contribution in [1.82, 2.24) is 4.98 Å². The SMILES string of the molecule is Cc1cccc(NC(=O)/C(C#N)=C\c2ccccc2OCc2cccnc2)c1. The monoisotopic (exact) mass is 369 g/mol. The highest BCUT2D eigenvalue weighted by atomic mass is 16.5. The first kappa shape index (κ1) is 18.9. The molecule has 5 nitrogen and oxygen atoms in total. The Labute approximate surface area is 163 Å². The maximum absolute atomic E-state index is 12.5. The highest BCUT2D eigenvalue weighted by molar-refractivity contribution is 6.09. The van der Waals surface area contributed by atoms with Crippen LogP contribution in [0.5, 0.6) is 5.75 Å². The zero-order valence-electron chi connectivity index (χ0n) is 15.4. The van der Waals surface area contributed by atoms with Gasteiger partial charge in [0, 0.05) is 29.2 Å². The van der Waals surface area contributed by atoms with Crippen LogP contribution in [0.2, 0.25) is 0 Å². The van der Waals surface area contributed by atoms with Crippen molar-refractivity contribution in [1.29, 1.82) is 5.26 Å². The van der Waals surface area contributed by atoms with E-state index in [0.29, 0.717) is 23.6 Å². The molecule has 3 aromatic rings. The predicted octanol–water partition coefficient (Wildman–Crippen LogP) is 4.51. The van der Waals surface area contributed by atoms with Crippen molar-refractivity contribution in [3.05, 3.63) is 95.3 Å². The Kier molecular flexibility index (Phi) is 6.17. The maximum atomic E-state index is 12.5. The lowest BCUT2D eigenvalue weighted by Crippen LogP contribution is -2.13. The fraction of sp³-hybridized carbons (Fsp3) is 0.0870. The Morgan fingerprint density at radius 3 is 2.79 bits per heavy atom. The molecule has 0 aliphatic heterocycles. The molecule has 0 aliphatic carbocycles. The molecule has 0 bridgehead atoms. The van der Waals surface area contributed by atoms with Gasteiger partial charge >= 0.3 is 0 Å². The number of nitriles is 1. The summed E-state index contributed by atoms with van der Waals surface area (Å²) in [4.78, 5) is 16.6. The van der Waals surface area contributed by atoms with Crippen molar-refractivity contribution >= 4 is 17.7 Å². The third-order valence-corrected chi connectivity index (χ3v) is 3.98. The van der Waals surface area contributed by atoms with E-state index in [-0.39, 0.29) is 5.57 Å². The Morgan fingerprint density at radius 1 is 1.18 bits per heavy atom. The van der Waals surface area contributed by atoms with Gasteiger partial charge in [-0.05, 0) is 42.8 Å². The number of benzene rings is 2. The standard InChI is InChI=1S/C23H19N3O2/c1-17-6-4-9-21(12-17)26-23(27)20(14-24)13-19-8-2-3-10-22(19)28-16-18-7-5-11-25-15-18/h2-13,15H,16H2,1H3,(H,26,27)/b20-13-. The number of carbonyl (C=O) groups excluding carboxylic acids is 1. The number of nitrogens with one attached hydrogen (secondary N) is 1. The first-order valence-electron chi connectivity index (χ1n) is 8.76. The first-order valence-corrected chi connectivity index (χ1v) is 8.76. The lowest BCUT2D eigenvalue weighted by molar-refractivity contribution is -0.112. The second kappa shape index (κ2) is 9.15. The summed E-state index contributed by atoms with van der Waals surface area (Å²) in [7, 11) is 0. The van der Waals surface area contributed by atoms with Crippen molar-refractivity contribution in [2.45, 2.75) is 13.5 Å². The minimum Gasteiger partial charge on any atom is -0.488 e. The molecule has 1 N–H and O–H groups in total. The Bertz CT molecular complexity index is 1040. The van der Waals surface area contributed by atoms with E-state index in [4.69, 9.17) is 4.74 Å². The van der Waals surface area contributed by atoms with Gasteiger partial charge in [-0.15, -0.1) is 0 Å². The van der Waals surface area contributed by atoms with E-state index in [9.17, 15) is 10.1 Å². The van der Waals surface area contributed by atoms with E-state index >= 15 is 0 Å². The molecular weight excluding hydrogens is 350 g/mol. The summed E-state index contributed by atoms with van der Waals surface area (Å²) in [5.74, 6) is 0.123. The average molecular weight is 369 g/mol. The lowest BCUT2D eigenvalue weighted by atomic mass is 10.1. The largest absolute Gasteiger partial charge is 0.488 e. The number of ether oxygens (including phenoxy) is 1. The molecule has 1 aromatic heterocycles. The van der Waals surface area contributed by atoms with Gasteiger partial charge in [0.25, 0.3) is 5.91 Å². The lowest BCUT2D eigenvalue weighted by Gasteiger charge is -2.10. The van der Waals surface area contributed by atoms with E-state index in [1.165, 1.54) is 6.08 Å². The molecule has 0 radical (unpaired) electrons. The van der Waals surface area contributed by atoms with Crippen LogP contribution in [0.4, 0.5) is 5.69 Å². The number of amides is 1. The Hall–Kier alpha value is -3.91. The fourth-order valence-corrected chi connectivity index (χ4v) is 2.60. The number of rotatable bonds is 6. The van der Waals surface area contributed by atoms with Crippen LogP contribution in [0.1, 0.15) is 16.7 Å². The summed E-state index contributed by atoms with van der Waals surface area (Å²) < 4.78 is 5.86. The predicted molar refractivity (Wildman–Crippen MR) is 108 cm³/mol. The zero-order chi connectivity index (χ0) is 19.8. The number of hydrogen-bond donors (Lipinski definition) is 1. The molecule has 0 fully saturated rings. The molecule has 0 unspecified atom stereocenters. The Morgan fingerprint density at radius 2 is 2.04 bits per heavy atom. The molecular formula is C23H19N3O2. The summed E-state index contributed by atoms with van der Waals surface area (Å²) in [6.07, 6.45) is 4.96. The molecule has 1 amide bonds. The summed E-state index contributed by atoms with van der Waals surface area (Å²) in [5.41, 5.74) is 3.25. The van der Waals surface area contributed by atoms with Gasteiger partial charge in [-0.2, -0.15) is 5.26 Å². The smallest absolute Gasteiger partial charge is 0.266 e. The molecule has 2 aromatic carbocycles. The van der Waals surface area contributed by atoms with E-state index in [2.05, 4.69) is 10.3 Å². The number of pyridine rings is 1. The average Bonchev–Trinajstić information content (AvgIpc) is 2.72.